The summed E-state index contributed by atoms with van der Waals surface area (Å²) in [5, 5.41) is 0. The summed E-state index contributed by atoms with van der Waals surface area (Å²) in [6.45, 7) is 15.3. The van der Waals surface area contributed by atoms with Crippen molar-refractivity contribution < 1.29 is 0 Å². The van der Waals surface area contributed by atoms with Gasteiger partial charge in [0.1, 0.15) is 0 Å². The Hall–Kier alpha value is -1.06. The summed E-state index contributed by atoms with van der Waals surface area (Å²) in [5.74, 6) is 0.739. The summed E-state index contributed by atoms with van der Waals surface area (Å²) in [5.41, 5.74) is 2.93. The van der Waals surface area contributed by atoms with Crippen molar-refractivity contribution in [2.24, 2.45) is 0 Å². The van der Waals surface area contributed by atoms with Crippen molar-refractivity contribution >= 4 is 5.69 Å². The first kappa shape index (κ1) is 15.8. The molecule has 0 amide bonds. The van der Waals surface area contributed by atoms with Gasteiger partial charge >= 0.3 is 0 Å². The molecule has 0 N–H and O–H groups in total. The molecule has 122 valence electrons. The number of nitrogens with zero attached hydrogens (tertiary/aromatic N) is 3. The number of anilines is 1. The van der Waals surface area contributed by atoms with E-state index in [0.29, 0.717) is 6.04 Å². The van der Waals surface area contributed by atoms with Gasteiger partial charge in [-0.2, -0.15) is 0 Å². The Kier molecular flexibility index (Phi) is 5.04. The number of hydrogen-bond donors (Lipinski definition) is 0. The molecular weight excluding hydrogens is 270 g/mol. The van der Waals surface area contributed by atoms with Gasteiger partial charge in [-0.15, -0.1) is 0 Å². The van der Waals surface area contributed by atoms with Crippen molar-refractivity contribution in [3.63, 3.8) is 0 Å². The van der Waals surface area contributed by atoms with E-state index in [2.05, 4.69) is 59.7 Å². The zero-order chi connectivity index (χ0) is 15.5. The topological polar surface area (TPSA) is 9.72 Å². The van der Waals surface area contributed by atoms with Crippen molar-refractivity contribution in [3.05, 3.63) is 29.8 Å². The smallest absolute Gasteiger partial charge is 0.0389 e. The SMILES string of the molecule is CCN1CCC(c2ccc(N3CCN(CC)CC3C)cc2)C1. The third kappa shape index (κ3) is 3.31. The van der Waals surface area contributed by atoms with Gasteiger partial charge in [0.05, 0.1) is 0 Å². The van der Waals surface area contributed by atoms with Gasteiger partial charge in [0.15, 0.2) is 0 Å². The molecule has 0 saturated carbocycles. The van der Waals surface area contributed by atoms with Crippen molar-refractivity contribution in [3.8, 4) is 0 Å². The highest BCUT2D eigenvalue weighted by atomic mass is 15.3. The van der Waals surface area contributed by atoms with Crippen LogP contribution in [-0.4, -0.2) is 61.7 Å². The largest absolute Gasteiger partial charge is 0.366 e. The van der Waals surface area contributed by atoms with Gasteiger partial charge in [-0.05, 0) is 56.6 Å². The van der Waals surface area contributed by atoms with Crippen LogP contribution < -0.4 is 4.90 Å². The van der Waals surface area contributed by atoms with Gasteiger partial charge in [-0.25, -0.2) is 0 Å². The van der Waals surface area contributed by atoms with Crippen LogP contribution >= 0.6 is 0 Å². The van der Waals surface area contributed by atoms with Gasteiger partial charge in [0.25, 0.3) is 0 Å². The molecular formula is C19H31N3. The van der Waals surface area contributed by atoms with Gasteiger partial charge in [0, 0.05) is 37.9 Å². The quantitative estimate of drug-likeness (QED) is 0.846. The molecule has 0 radical (unpaired) electrons. The van der Waals surface area contributed by atoms with Gasteiger partial charge in [-0.1, -0.05) is 26.0 Å². The Morgan fingerprint density at radius 1 is 0.909 bits per heavy atom. The number of benzene rings is 1. The van der Waals surface area contributed by atoms with Crippen LogP contribution in [0, 0.1) is 0 Å². The van der Waals surface area contributed by atoms with Crippen LogP contribution in [0.3, 0.4) is 0 Å². The van der Waals surface area contributed by atoms with E-state index >= 15 is 0 Å². The number of hydrogen-bond acceptors (Lipinski definition) is 3. The summed E-state index contributed by atoms with van der Waals surface area (Å²) in [7, 11) is 0. The molecule has 2 aliphatic heterocycles. The van der Waals surface area contributed by atoms with Crippen molar-refractivity contribution in [2.45, 2.75) is 39.2 Å². The van der Waals surface area contributed by atoms with Crippen LogP contribution in [0.5, 0.6) is 0 Å². The highest BCUT2D eigenvalue weighted by Crippen LogP contribution is 2.29. The molecule has 3 heteroatoms. The van der Waals surface area contributed by atoms with E-state index in [0.717, 1.165) is 12.5 Å². The molecule has 1 aromatic rings. The van der Waals surface area contributed by atoms with Crippen LogP contribution in [0.2, 0.25) is 0 Å². The summed E-state index contributed by atoms with van der Waals surface area (Å²) in [6, 6.07) is 10.1. The highest BCUT2D eigenvalue weighted by Gasteiger charge is 2.25. The second-order valence-corrected chi connectivity index (χ2v) is 6.91. The first-order valence-electron chi connectivity index (χ1n) is 9.02. The molecule has 1 aromatic carbocycles. The molecule has 22 heavy (non-hydrogen) atoms. The highest BCUT2D eigenvalue weighted by molar-refractivity contribution is 5.49. The normalized spacial score (nSPS) is 27.5. The van der Waals surface area contributed by atoms with Crippen LogP contribution in [-0.2, 0) is 0 Å². The van der Waals surface area contributed by atoms with Crippen LogP contribution in [0.4, 0.5) is 5.69 Å². The van der Waals surface area contributed by atoms with E-state index in [1.54, 1.807) is 0 Å². The first-order valence-corrected chi connectivity index (χ1v) is 9.02. The van der Waals surface area contributed by atoms with E-state index in [1.807, 2.05) is 0 Å². The Morgan fingerprint density at radius 3 is 2.18 bits per heavy atom. The van der Waals surface area contributed by atoms with E-state index in [9.17, 15) is 0 Å². The van der Waals surface area contributed by atoms with E-state index in [4.69, 9.17) is 0 Å². The average Bonchev–Trinajstić information content (AvgIpc) is 3.04. The summed E-state index contributed by atoms with van der Waals surface area (Å²) in [4.78, 5) is 7.68. The lowest BCUT2D eigenvalue weighted by Crippen LogP contribution is -2.51. The van der Waals surface area contributed by atoms with Gasteiger partial charge in [-0.3, -0.25) is 4.90 Å². The molecule has 0 aliphatic carbocycles. The average molecular weight is 301 g/mol. The predicted octanol–water partition coefficient (Wildman–Crippen LogP) is 3.03. The molecule has 2 fully saturated rings. The summed E-state index contributed by atoms with van der Waals surface area (Å²) < 4.78 is 0. The van der Waals surface area contributed by atoms with Crippen LogP contribution in [0.15, 0.2) is 24.3 Å². The molecule has 3 nitrogen and oxygen atoms in total. The standard InChI is InChI=1S/C19H31N3/c1-4-20-11-10-18(15-20)17-6-8-19(9-7-17)22-13-12-21(5-2)14-16(22)3/h6-9,16,18H,4-5,10-15H2,1-3H3. The minimum atomic E-state index is 0.613. The van der Waals surface area contributed by atoms with Crippen molar-refractivity contribution in [1.29, 1.82) is 0 Å². The number of piperazine rings is 1. The molecule has 2 saturated heterocycles. The molecule has 0 aromatic heterocycles. The lowest BCUT2D eigenvalue weighted by molar-refractivity contribution is 0.240. The number of rotatable bonds is 4. The molecule has 2 heterocycles. The van der Waals surface area contributed by atoms with Crippen molar-refractivity contribution in [1.82, 2.24) is 9.80 Å². The monoisotopic (exact) mass is 301 g/mol. The molecule has 2 unspecified atom stereocenters. The Morgan fingerprint density at radius 2 is 1.59 bits per heavy atom. The third-order valence-electron chi connectivity index (χ3n) is 5.57. The number of likely N-dealkylation sites (N-methyl/N-ethyl adjacent to an activating group) is 2. The predicted molar refractivity (Wildman–Crippen MR) is 94.8 cm³/mol. The Labute approximate surface area is 135 Å². The lowest BCUT2D eigenvalue weighted by atomic mass is 9.98. The minimum Gasteiger partial charge on any atom is -0.366 e. The maximum atomic E-state index is 2.57. The maximum absolute atomic E-state index is 2.57. The molecule has 3 rings (SSSR count). The second-order valence-electron chi connectivity index (χ2n) is 6.91. The third-order valence-corrected chi connectivity index (χ3v) is 5.57. The zero-order valence-corrected chi connectivity index (χ0v) is 14.5. The Bertz CT molecular complexity index is 470. The van der Waals surface area contributed by atoms with E-state index in [-0.39, 0.29) is 0 Å². The fourth-order valence-electron chi connectivity index (χ4n) is 4.03. The number of likely N-dealkylation sites (tertiary alicyclic amines) is 1. The second kappa shape index (κ2) is 7.01. The lowest BCUT2D eigenvalue weighted by Gasteiger charge is -2.41. The van der Waals surface area contributed by atoms with Crippen LogP contribution in [0.1, 0.15) is 38.7 Å². The summed E-state index contributed by atoms with van der Waals surface area (Å²) in [6.07, 6.45) is 1.32. The fourth-order valence-corrected chi connectivity index (χ4v) is 4.03. The fraction of sp³-hybridized carbons (Fsp3) is 0.684. The zero-order valence-electron chi connectivity index (χ0n) is 14.5. The molecule has 2 aliphatic rings. The molecule has 0 spiro atoms. The maximum Gasteiger partial charge on any atom is 0.0389 e. The molecule has 2 atom stereocenters. The van der Waals surface area contributed by atoms with E-state index in [1.165, 1.54) is 56.9 Å². The molecule has 0 bridgehead atoms. The van der Waals surface area contributed by atoms with Crippen molar-refractivity contribution in [2.75, 3.05) is 50.7 Å². The first-order chi connectivity index (χ1) is 10.7. The van der Waals surface area contributed by atoms with Gasteiger partial charge < -0.3 is 9.80 Å². The Balaban J connectivity index is 1.64. The van der Waals surface area contributed by atoms with Crippen LogP contribution in [0.25, 0.3) is 0 Å². The van der Waals surface area contributed by atoms with Gasteiger partial charge in [0.2, 0.25) is 0 Å². The summed E-state index contributed by atoms with van der Waals surface area (Å²) >= 11 is 0. The van der Waals surface area contributed by atoms with E-state index < -0.39 is 0 Å². The minimum absolute atomic E-state index is 0.613.